The number of amides is 1. The number of nitrogens with zero attached hydrogens (tertiary/aromatic N) is 13. The third kappa shape index (κ3) is 13.1. The van der Waals surface area contributed by atoms with E-state index >= 15 is 0 Å². The average Bonchev–Trinajstić information content (AvgIpc) is 3.68. The van der Waals surface area contributed by atoms with Crippen molar-refractivity contribution in [2.24, 2.45) is 5.92 Å². The van der Waals surface area contributed by atoms with Gasteiger partial charge in [-0.1, -0.05) is 86.8 Å². The highest BCUT2D eigenvalue weighted by molar-refractivity contribution is 5.95. The van der Waals surface area contributed by atoms with Crippen LogP contribution in [0.25, 0.3) is 31.2 Å². The molecule has 0 radical (unpaired) electrons. The molecule has 0 bridgehead atoms. The molecule has 81 heavy (non-hydrogen) atoms. The largest absolute Gasteiger partial charge is 0.461 e. The van der Waals surface area contributed by atoms with E-state index in [4.69, 9.17) is 52.0 Å². The molecule has 6 aliphatic rings. The van der Waals surface area contributed by atoms with Gasteiger partial charge in [-0.2, -0.15) is 19.9 Å². The number of carbonyl (C=O) groups is 1. The zero-order valence-electron chi connectivity index (χ0n) is 46.3. The zero-order valence-corrected chi connectivity index (χ0v) is 46.3. The van der Waals surface area contributed by atoms with E-state index in [1.54, 1.807) is 4.90 Å². The number of morpholine rings is 2. The third-order valence-electron chi connectivity index (χ3n) is 16.5. The second kappa shape index (κ2) is 26.3. The smallest absolute Gasteiger partial charge is 0.318 e. The van der Waals surface area contributed by atoms with Crippen molar-refractivity contribution in [1.29, 1.82) is 0 Å². The molecule has 8 heterocycles. The van der Waals surface area contributed by atoms with Crippen molar-refractivity contribution in [1.82, 2.24) is 34.6 Å². The van der Waals surface area contributed by atoms with Crippen molar-refractivity contribution in [3.8, 4) is 12.0 Å². The number of rotatable bonds is 13. The molecule has 12 rings (SSSR count). The summed E-state index contributed by atoms with van der Waals surface area (Å²) in [7, 11) is 4.20. The number of fused-ring (bicyclic) bond motifs is 4. The summed E-state index contributed by atoms with van der Waals surface area (Å²) in [6.45, 7) is 31.6. The topological polar surface area (TPSA) is 137 Å². The fourth-order valence-corrected chi connectivity index (χ4v) is 12.3. The number of hydrogen-bond acceptors (Lipinski definition) is 15. The van der Waals surface area contributed by atoms with Crippen LogP contribution in [-0.4, -0.2) is 184 Å². The van der Waals surface area contributed by atoms with E-state index < -0.39 is 0 Å². The molecule has 0 N–H and O–H groups in total. The SMILES string of the molecule is C.[C-]#[N+]CC1CCCN(c2nc(OC[C@@H]3CN(C)CCO3)nc3c2CCN(c2cccc4ccccc24)C3)C1.[C-]#[N+]CC1CN(c2nc(OC[C@@H]3CN(C)CCO3)nc3c2CCN(c2cccc4ccccc24)C3)CCN1C(=O)C=C. The predicted octanol–water partition coefficient (Wildman–Crippen LogP) is 7.70. The Kier molecular flexibility index (Phi) is 18.4. The molecule has 4 atom stereocenters. The van der Waals surface area contributed by atoms with Crippen molar-refractivity contribution in [2.75, 3.05) is 145 Å². The Morgan fingerprint density at radius 1 is 0.630 bits per heavy atom. The summed E-state index contributed by atoms with van der Waals surface area (Å²) >= 11 is 0. The number of hydrogen-bond donors (Lipinski definition) is 0. The van der Waals surface area contributed by atoms with Gasteiger partial charge in [0.1, 0.15) is 43.1 Å². The van der Waals surface area contributed by atoms with Crippen LogP contribution in [0.5, 0.6) is 12.0 Å². The van der Waals surface area contributed by atoms with Gasteiger partial charge in [-0.25, -0.2) is 13.1 Å². The first-order valence-electron chi connectivity index (χ1n) is 28.4. The van der Waals surface area contributed by atoms with Gasteiger partial charge < -0.3 is 62.9 Å². The number of piperazine rings is 1. The van der Waals surface area contributed by atoms with Crippen LogP contribution >= 0.6 is 0 Å². The van der Waals surface area contributed by atoms with Crippen LogP contribution in [0.3, 0.4) is 0 Å². The monoisotopic (exact) mass is 1100 g/mol. The summed E-state index contributed by atoms with van der Waals surface area (Å²) in [5, 5.41) is 4.95. The highest BCUT2D eigenvalue weighted by Crippen LogP contribution is 2.37. The van der Waals surface area contributed by atoms with Crippen molar-refractivity contribution in [3.63, 3.8) is 0 Å². The van der Waals surface area contributed by atoms with Gasteiger partial charge in [0.15, 0.2) is 0 Å². The second-order valence-corrected chi connectivity index (χ2v) is 22.0. The molecule has 6 aliphatic heterocycles. The van der Waals surface area contributed by atoms with Gasteiger partial charge in [0.05, 0.1) is 37.7 Å². The summed E-state index contributed by atoms with van der Waals surface area (Å²) < 4.78 is 24.3. The minimum atomic E-state index is -0.237. The van der Waals surface area contributed by atoms with Gasteiger partial charge in [0.2, 0.25) is 19.0 Å². The number of piperidine rings is 1. The molecular formula is C63H77N13O5. The van der Waals surface area contributed by atoms with Gasteiger partial charge in [-0.15, -0.1) is 0 Å². The molecule has 0 spiro atoms. The molecule has 4 fully saturated rings. The van der Waals surface area contributed by atoms with Crippen LogP contribution in [0.4, 0.5) is 23.0 Å². The van der Waals surface area contributed by atoms with Crippen LogP contribution in [-0.2, 0) is 40.2 Å². The Morgan fingerprint density at radius 3 is 1.67 bits per heavy atom. The number of carbonyl (C=O) groups excluding carboxylic acids is 1. The number of benzene rings is 4. The van der Waals surface area contributed by atoms with Gasteiger partial charge in [0, 0.05) is 111 Å². The zero-order chi connectivity index (χ0) is 55.0. The van der Waals surface area contributed by atoms with E-state index in [9.17, 15) is 4.79 Å². The van der Waals surface area contributed by atoms with Gasteiger partial charge >= 0.3 is 12.0 Å². The second-order valence-electron chi connectivity index (χ2n) is 22.0. The first-order chi connectivity index (χ1) is 39.2. The number of ether oxygens (including phenoxy) is 4. The van der Waals surface area contributed by atoms with Gasteiger partial charge in [-0.05, 0) is 68.8 Å². The summed E-state index contributed by atoms with van der Waals surface area (Å²) in [6, 6.07) is 30.5. The summed E-state index contributed by atoms with van der Waals surface area (Å²) in [5.41, 5.74) is 6.75. The van der Waals surface area contributed by atoms with Gasteiger partial charge in [0.25, 0.3) is 0 Å². The molecule has 2 aromatic heterocycles. The molecule has 424 valence electrons. The van der Waals surface area contributed by atoms with Crippen LogP contribution < -0.4 is 29.1 Å². The number of anilines is 4. The normalized spacial score (nSPS) is 21.4. The van der Waals surface area contributed by atoms with Crippen molar-refractivity contribution in [3.05, 3.63) is 143 Å². The Bertz CT molecular complexity index is 3250. The standard InChI is InChI=1S/C32H37N7O3.C30H36N6O2.CH4/c1-4-30(40)39-15-14-38(19-24(39)18-33-2)31-27-12-13-37(29-11-7-9-23-8-5-6-10-26(23)29)21-28(27)34-32(35-31)42-22-25-20-36(3)16-17-41-25;1-31-17-22-7-6-13-36(18-22)29-26-12-14-35(28-11-5-9-23-8-3-4-10-25(23)28)20-27(26)32-30(33-29)38-21-24-19-34(2)15-16-37-24;/h4-11,24-25H,1,12-22H2,3H3;3-5,8-11,22,24H,6-7,12-21H2,2H3;1H4/t24?,25-;22?,24-;/m00./s1. The number of likely N-dealkylation sites (N-methyl/N-ethyl adjacent to an activating group) is 2. The number of aromatic nitrogens is 4. The fourth-order valence-electron chi connectivity index (χ4n) is 12.3. The van der Waals surface area contributed by atoms with E-state index in [2.05, 4.69) is 145 Å². The average molecular weight is 1100 g/mol. The van der Waals surface area contributed by atoms with E-state index in [1.165, 1.54) is 44.6 Å². The molecule has 4 aromatic carbocycles. The van der Waals surface area contributed by atoms with E-state index in [1.807, 2.05) is 0 Å². The molecule has 4 saturated heterocycles. The first kappa shape index (κ1) is 56.7. The minimum absolute atomic E-state index is 0. The highest BCUT2D eigenvalue weighted by Gasteiger charge is 2.36. The maximum atomic E-state index is 12.5. The Labute approximate surface area is 477 Å². The van der Waals surface area contributed by atoms with Crippen LogP contribution in [0.2, 0.25) is 0 Å². The predicted molar refractivity (Wildman–Crippen MR) is 319 cm³/mol. The lowest BCUT2D eigenvalue weighted by atomic mass is 9.96. The highest BCUT2D eigenvalue weighted by atomic mass is 16.5. The first-order valence-corrected chi connectivity index (χ1v) is 28.4. The van der Waals surface area contributed by atoms with Crippen molar-refractivity contribution in [2.45, 2.75) is 64.4 Å². The molecule has 18 heteroatoms. The van der Waals surface area contributed by atoms with Crippen LogP contribution in [0.15, 0.2) is 97.6 Å². The van der Waals surface area contributed by atoms with E-state index in [0.29, 0.717) is 70.5 Å². The Balaban J connectivity index is 0.000000180. The minimum Gasteiger partial charge on any atom is -0.461 e. The summed E-state index contributed by atoms with van der Waals surface area (Å²) in [4.78, 5) is 55.3. The summed E-state index contributed by atoms with van der Waals surface area (Å²) in [5.74, 6) is 2.09. The molecule has 2 unspecified atom stereocenters. The lowest BCUT2D eigenvalue weighted by Crippen LogP contribution is -2.56. The fraction of sp³-hybridized carbons (Fsp3) is 0.476. The lowest BCUT2D eigenvalue weighted by molar-refractivity contribution is -0.128. The lowest BCUT2D eigenvalue weighted by Gasteiger charge is -2.41. The molecule has 1 amide bonds. The van der Waals surface area contributed by atoms with E-state index in [0.717, 1.165) is 120 Å². The van der Waals surface area contributed by atoms with Crippen molar-refractivity contribution >= 4 is 50.5 Å². The Hall–Kier alpha value is -7.61. The van der Waals surface area contributed by atoms with Crippen LogP contribution in [0, 0.1) is 19.1 Å². The maximum Gasteiger partial charge on any atom is 0.318 e. The van der Waals surface area contributed by atoms with Crippen molar-refractivity contribution < 1.29 is 23.7 Å². The molecule has 0 saturated carbocycles. The third-order valence-corrected chi connectivity index (χ3v) is 16.5. The quantitative estimate of drug-likeness (QED) is 0.0825. The Morgan fingerprint density at radius 2 is 1.15 bits per heavy atom. The van der Waals surface area contributed by atoms with Gasteiger partial charge in [-0.3, -0.25) is 4.79 Å². The maximum absolute atomic E-state index is 12.5. The molecule has 0 aliphatic carbocycles. The van der Waals surface area contributed by atoms with Crippen LogP contribution in [0.1, 0.15) is 42.8 Å². The molecule has 6 aromatic rings. The summed E-state index contributed by atoms with van der Waals surface area (Å²) in [6.07, 6.45) is 5.16. The van der Waals surface area contributed by atoms with E-state index in [-0.39, 0.29) is 38.1 Å². The molecule has 18 nitrogen and oxygen atoms in total. The molecular weight excluding hydrogens is 1020 g/mol.